The monoisotopic (exact) mass is 688 g/mol. The summed E-state index contributed by atoms with van der Waals surface area (Å²) in [6, 6.07) is 10.00. The van der Waals surface area contributed by atoms with Crippen LogP contribution >= 0.6 is 9.24 Å². The second kappa shape index (κ2) is 24.5. The number of halogens is 1. The first kappa shape index (κ1) is 45.4. The van der Waals surface area contributed by atoms with Gasteiger partial charge in [-0.3, -0.25) is 14.5 Å². The van der Waals surface area contributed by atoms with Crippen molar-refractivity contribution in [1.82, 2.24) is 9.80 Å². The Morgan fingerprint density at radius 1 is 1.08 bits per heavy atom. The molecule has 0 radical (unpaired) electrons. The van der Waals surface area contributed by atoms with Crippen LogP contribution in [0.1, 0.15) is 92.7 Å². The summed E-state index contributed by atoms with van der Waals surface area (Å²) in [5, 5.41) is 4.04. The first-order valence-electron chi connectivity index (χ1n) is 17.5. The number of likely N-dealkylation sites (tertiary alicyclic amines) is 1. The Labute approximate surface area is 294 Å². The van der Waals surface area contributed by atoms with E-state index in [4.69, 9.17) is 0 Å². The maximum atomic E-state index is 13.4. The Hall–Kier alpha value is -2.64. The summed E-state index contributed by atoms with van der Waals surface area (Å²) in [5.41, 5.74) is 8.31. The maximum Gasteiger partial charge on any atom is 0.253 e. The van der Waals surface area contributed by atoms with Crippen molar-refractivity contribution >= 4 is 20.6 Å². The van der Waals surface area contributed by atoms with E-state index in [9.17, 15) is 14.0 Å². The molecule has 0 aliphatic carbocycles. The van der Waals surface area contributed by atoms with Crippen molar-refractivity contribution < 1.29 is 4.39 Å². The standard InChI is InChI=1S/C21H36N2.C14H20FN2O2P.C3H6.CH5N/c1-5-13-23(16-18(3)4)21-11-14-22(15-12-21)17-20-9-7-19(6-2)8-10-20;1-5-9(6-8(2)3)17-11-10(12(18)13(11)19)16-7-14(4,15)20;1-3-2;1-2/h7-10,18,21H,5-6,11-17H2,1-4H3;5-6,16-17H,7,20H2,1-4H3;3H,1H2,2H3;2H2,1H3/b;9-5+;;. The molecule has 2 atom stereocenters. The quantitative estimate of drug-likeness (QED) is 0.0806. The van der Waals surface area contributed by atoms with Gasteiger partial charge in [0.05, 0.1) is 6.54 Å². The van der Waals surface area contributed by atoms with Crippen LogP contribution in [0.4, 0.5) is 15.8 Å². The predicted octanol–water partition coefficient (Wildman–Crippen LogP) is 7.89. The summed E-state index contributed by atoms with van der Waals surface area (Å²) in [5.74, 6) is 0.775. The van der Waals surface area contributed by atoms with Crippen molar-refractivity contribution in [2.45, 2.75) is 106 Å². The number of allylic oxidation sites excluding steroid dienone is 4. The van der Waals surface area contributed by atoms with Gasteiger partial charge in [0.2, 0.25) is 0 Å². The number of piperidine rings is 1. The van der Waals surface area contributed by atoms with Gasteiger partial charge in [-0.15, -0.1) is 6.58 Å². The molecule has 48 heavy (non-hydrogen) atoms. The summed E-state index contributed by atoms with van der Waals surface area (Å²) < 4.78 is 13.4. The fraction of sp³-hybridized carbons (Fsp3) is 0.590. The number of benzene rings is 1. The zero-order valence-electron chi connectivity index (χ0n) is 31.7. The highest BCUT2D eigenvalue weighted by molar-refractivity contribution is 7.18. The Kier molecular flexibility index (Phi) is 23.1. The molecule has 1 aliphatic heterocycles. The molecule has 2 aromatic rings. The van der Waals surface area contributed by atoms with E-state index in [1.54, 1.807) is 12.2 Å². The van der Waals surface area contributed by atoms with E-state index in [2.05, 4.69) is 84.7 Å². The lowest BCUT2D eigenvalue weighted by molar-refractivity contribution is 0.0952. The van der Waals surface area contributed by atoms with E-state index in [1.807, 2.05) is 43.0 Å². The molecule has 4 N–H and O–H groups in total. The lowest BCUT2D eigenvalue weighted by atomic mass is 10.0. The van der Waals surface area contributed by atoms with Crippen LogP contribution in [-0.4, -0.2) is 61.0 Å². The van der Waals surface area contributed by atoms with Crippen molar-refractivity contribution in [2.75, 3.05) is 50.4 Å². The van der Waals surface area contributed by atoms with E-state index in [0.717, 1.165) is 30.5 Å². The number of hydrogen-bond donors (Lipinski definition) is 3. The Morgan fingerprint density at radius 3 is 2.04 bits per heavy atom. The van der Waals surface area contributed by atoms with Gasteiger partial charge in [-0.1, -0.05) is 78.9 Å². The van der Waals surface area contributed by atoms with E-state index in [0.29, 0.717) is 5.70 Å². The summed E-state index contributed by atoms with van der Waals surface area (Å²) in [7, 11) is 3.53. The number of rotatable bonds is 14. The van der Waals surface area contributed by atoms with Gasteiger partial charge in [0.25, 0.3) is 10.9 Å². The molecule has 2 unspecified atom stereocenters. The van der Waals surface area contributed by atoms with Crippen LogP contribution < -0.4 is 27.2 Å². The molecule has 1 fully saturated rings. The minimum Gasteiger partial charge on any atom is -0.376 e. The maximum absolute atomic E-state index is 13.4. The molecule has 0 amide bonds. The molecule has 1 saturated heterocycles. The molecule has 0 bridgehead atoms. The van der Waals surface area contributed by atoms with Crippen LogP contribution in [-0.2, 0) is 13.0 Å². The highest BCUT2D eigenvalue weighted by Crippen LogP contribution is 2.23. The minimum atomic E-state index is -1.54. The molecule has 0 aromatic heterocycles. The second-order valence-corrected chi connectivity index (χ2v) is 14.3. The lowest BCUT2D eigenvalue weighted by Crippen LogP contribution is -2.46. The molecule has 0 saturated carbocycles. The molecule has 2 aromatic carbocycles. The number of aryl methyl sites for hydroxylation is 1. The summed E-state index contributed by atoms with van der Waals surface area (Å²) >= 11 is 0. The first-order valence-corrected chi connectivity index (χ1v) is 18.1. The van der Waals surface area contributed by atoms with Gasteiger partial charge in [-0.25, -0.2) is 4.39 Å². The van der Waals surface area contributed by atoms with Crippen molar-refractivity contribution in [3.05, 3.63) is 91.9 Å². The van der Waals surface area contributed by atoms with Crippen molar-refractivity contribution in [3.63, 3.8) is 0 Å². The third kappa shape index (κ3) is 17.7. The van der Waals surface area contributed by atoms with Gasteiger partial charge in [-0.05, 0) is 110 Å². The highest BCUT2D eigenvalue weighted by Gasteiger charge is 2.25. The van der Waals surface area contributed by atoms with Gasteiger partial charge in [0, 0.05) is 24.8 Å². The molecule has 1 heterocycles. The Balaban J connectivity index is 0.000000818. The van der Waals surface area contributed by atoms with Crippen molar-refractivity contribution in [3.8, 4) is 0 Å². The van der Waals surface area contributed by atoms with Crippen LogP contribution in [0.5, 0.6) is 0 Å². The molecule has 0 spiro atoms. The first-order chi connectivity index (χ1) is 22.7. The van der Waals surface area contributed by atoms with Crippen LogP contribution in [0.15, 0.2) is 69.9 Å². The second-order valence-electron chi connectivity index (χ2n) is 13.1. The molecule has 272 valence electrons. The largest absolute Gasteiger partial charge is 0.376 e. The van der Waals surface area contributed by atoms with Gasteiger partial charge < -0.3 is 21.3 Å². The number of anilines is 2. The van der Waals surface area contributed by atoms with Gasteiger partial charge in [0.15, 0.2) is 0 Å². The molecule has 7 nitrogen and oxygen atoms in total. The molecular weight excluding hydrogens is 620 g/mol. The third-order valence-corrected chi connectivity index (χ3v) is 7.77. The number of nitrogens with two attached hydrogens (primary N) is 1. The molecule has 1 aliphatic rings. The average Bonchev–Trinajstić information content (AvgIpc) is 3.05. The normalized spacial score (nSPS) is 14.9. The van der Waals surface area contributed by atoms with Crippen LogP contribution in [0.3, 0.4) is 0 Å². The predicted molar refractivity (Wildman–Crippen MR) is 213 cm³/mol. The van der Waals surface area contributed by atoms with Gasteiger partial charge in [0.1, 0.15) is 16.8 Å². The van der Waals surface area contributed by atoms with Crippen molar-refractivity contribution in [1.29, 1.82) is 0 Å². The fourth-order valence-electron chi connectivity index (χ4n) is 5.35. The summed E-state index contributed by atoms with van der Waals surface area (Å²) in [6.45, 7) is 27.6. The zero-order chi connectivity index (χ0) is 36.9. The van der Waals surface area contributed by atoms with Gasteiger partial charge in [-0.2, -0.15) is 0 Å². The van der Waals surface area contributed by atoms with Crippen LogP contribution in [0.2, 0.25) is 0 Å². The van der Waals surface area contributed by atoms with E-state index in [-0.39, 0.29) is 17.9 Å². The topological polar surface area (TPSA) is 90.7 Å². The highest BCUT2D eigenvalue weighted by atomic mass is 31.0. The van der Waals surface area contributed by atoms with E-state index in [1.165, 1.54) is 70.5 Å². The zero-order valence-corrected chi connectivity index (χ0v) is 32.9. The lowest BCUT2D eigenvalue weighted by Gasteiger charge is -2.39. The van der Waals surface area contributed by atoms with E-state index >= 15 is 0 Å². The fourth-order valence-corrected chi connectivity index (χ4v) is 5.45. The van der Waals surface area contributed by atoms with Gasteiger partial charge >= 0.3 is 0 Å². The molecular formula is C39H67FN5O2P. The Morgan fingerprint density at radius 2 is 1.60 bits per heavy atom. The van der Waals surface area contributed by atoms with E-state index < -0.39 is 16.3 Å². The Bertz CT molecular complexity index is 1300. The summed E-state index contributed by atoms with van der Waals surface area (Å²) in [4.78, 5) is 28.5. The SMILES string of the molecule is C/C=C(\C=C(C)C)Nc1c(NCC(C)(F)P)c(=O)c1=O.C=CC.CCCN(CC(C)C)C1CCN(Cc2ccc(CC)cc2)CC1.CN. The minimum absolute atomic E-state index is 0.0645. The third-order valence-electron chi connectivity index (χ3n) is 7.57. The van der Waals surface area contributed by atoms with Crippen LogP contribution in [0.25, 0.3) is 0 Å². The molecule has 9 heteroatoms. The number of alkyl halides is 1. The summed E-state index contributed by atoms with van der Waals surface area (Å²) in [6.07, 6.45) is 10.5. The number of nitrogens with zero attached hydrogens (tertiary/aromatic N) is 2. The average molecular weight is 688 g/mol. The number of nitrogens with one attached hydrogen (secondary N) is 2. The number of hydrogen-bond acceptors (Lipinski definition) is 7. The van der Waals surface area contributed by atoms with Crippen LogP contribution in [0, 0.1) is 5.92 Å². The van der Waals surface area contributed by atoms with Crippen molar-refractivity contribution in [2.24, 2.45) is 11.7 Å². The molecule has 3 rings (SSSR count). The smallest absolute Gasteiger partial charge is 0.253 e.